The second-order valence-electron chi connectivity index (χ2n) is 26.2. The van der Waals surface area contributed by atoms with Gasteiger partial charge in [0.05, 0.1) is 16.9 Å². The summed E-state index contributed by atoms with van der Waals surface area (Å²) in [6.45, 7) is 25.8. The molecule has 6 heteroatoms. The molecule has 10 aromatic rings. The maximum absolute atomic E-state index is 14.3. The smallest absolute Gasteiger partial charge is 0.123 e. The third-order valence-corrected chi connectivity index (χ3v) is 22.0. The zero-order valence-corrected chi connectivity index (χ0v) is 52.1. The highest BCUT2D eigenvalue weighted by atomic mass is 28.3. The molecule has 0 spiro atoms. The Hall–Kier alpha value is -8.43. The lowest BCUT2D eigenvalue weighted by molar-refractivity contribution is 0.627. The second kappa shape index (κ2) is 20.4. The van der Waals surface area contributed by atoms with Crippen LogP contribution in [0.1, 0.15) is 97.2 Å². The molecule has 84 heavy (non-hydrogen) atoms. The Morgan fingerprint density at radius 2 is 0.571 bits per heavy atom. The molecule has 0 bridgehead atoms. The van der Waals surface area contributed by atoms with Gasteiger partial charge in [0.1, 0.15) is 11.6 Å². The molecule has 0 amide bonds. The highest BCUT2D eigenvalue weighted by Gasteiger charge is 2.39. The van der Waals surface area contributed by atoms with Crippen molar-refractivity contribution in [2.75, 3.05) is 9.80 Å². The van der Waals surface area contributed by atoms with E-state index in [1.807, 2.05) is 24.3 Å². The Balaban J connectivity index is 0.726. The largest absolute Gasteiger partial charge is 0.310 e. The number of anilines is 6. The lowest BCUT2D eigenvalue weighted by Gasteiger charge is -2.28. The lowest BCUT2D eigenvalue weighted by Crippen LogP contribution is -2.37. The standard InChI is InChI=1S/C78H71F2N2Si2/c1-76(2)70-44-50(12-14-52-18-40-66-68-42-32-60(48-74(68)77(3,4)72(66)46-52)81(56-24-20-54(79)21-25-56)58-28-34-62(35-29-58)83(7)8)16-38-64(70)65-39-17-51(45-71(65)76)13-15-53-19-41-67-69-43-33-61(49-75(69)78(5,6)73(67)47-53)82(57-26-22-55(80)23-27-57)59-30-36-63(37-31-59)84(9,10)11/h12-49H,1-11H3/b14-12+,15-13+. The summed E-state index contributed by atoms with van der Waals surface area (Å²) in [6, 6.07) is 72.9. The number of halogens is 2. The molecule has 415 valence electrons. The highest BCUT2D eigenvalue weighted by molar-refractivity contribution is 6.88. The maximum atomic E-state index is 14.3. The van der Waals surface area contributed by atoms with E-state index >= 15 is 0 Å². The topological polar surface area (TPSA) is 6.48 Å². The summed E-state index contributed by atoms with van der Waals surface area (Å²) >= 11 is 0. The summed E-state index contributed by atoms with van der Waals surface area (Å²) in [6.07, 6.45) is 9.06. The van der Waals surface area contributed by atoms with Gasteiger partial charge < -0.3 is 9.80 Å². The van der Waals surface area contributed by atoms with Crippen LogP contribution in [0, 0.1) is 11.6 Å². The first-order valence-electron chi connectivity index (χ1n) is 29.5. The van der Waals surface area contributed by atoms with Gasteiger partial charge in [-0.05, 0) is 186 Å². The summed E-state index contributed by atoms with van der Waals surface area (Å²) in [7, 11) is -2.09. The molecular weight excluding hydrogens is 1060 g/mol. The van der Waals surface area contributed by atoms with Crippen molar-refractivity contribution in [3.8, 4) is 33.4 Å². The molecule has 0 atom stereocenters. The van der Waals surface area contributed by atoms with Crippen LogP contribution in [-0.4, -0.2) is 16.9 Å². The summed E-state index contributed by atoms with van der Waals surface area (Å²) in [4.78, 5) is 4.49. The molecule has 0 unspecified atom stereocenters. The molecule has 13 rings (SSSR count). The van der Waals surface area contributed by atoms with E-state index in [1.54, 1.807) is 24.3 Å². The van der Waals surface area contributed by atoms with Crippen LogP contribution >= 0.6 is 0 Å². The van der Waals surface area contributed by atoms with E-state index in [0.717, 1.165) is 34.1 Å². The van der Waals surface area contributed by atoms with E-state index in [-0.39, 0.29) is 27.9 Å². The van der Waals surface area contributed by atoms with Crippen LogP contribution in [0.5, 0.6) is 0 Å². The lowest BCUT2D eigenvalue weighted by atomic mass is 9.81. The first kappa shape index (κ1) is 54.8. The van der Waals surface area contributed by atoms with Gasteiger partial charge in [0.15, 0.2) is 0 Å². The molecule has 0 saturated carbocycles. The van der Waals surface area contributed by atoms with Gasteiger partial charge in [0, 0.05) is 50.4 Å². The fourth-order valence-corrected chi connectivity index (χ4v) is 15.5. The van der Waals surface area contributed by atoms with Crippen LogP contribution in [0.2, 0.25) is 32.7 Å². The van der Waals surface area contributed by atoms with Gasteiger partial charge in [-0.1, -0.05) is 218 Å². The van der Waals surface area contributed by atoms with Gasteiger partial charge in [0.25, 0.3) is 0 Å². The van der Waals surface area contributed by atoms with Crippen molar-refractivity contribution in [3.05, 3.63) is 274 Å². The zero-order chi connectivity index (χ0) is 58.6. The second-order valence-corrected chi connectivity index (χ2v) is 33.8. The molecule has 3 aliphatic carbocycles. The van der Waals surface area contributed by atoms with Crippen molar-refractivity contribution in [2.45, 2.75) is 90.5 Å². The highest BCUT2D eigenvalue weighted by Crippen LogP contribution is 2.54. The van der Waals surface area contributed by atoms with E-state index in [4.69, 9.17) is 0 Å². The van der Waals surface area contributed by atoms with Gasteiger partial charge in [-0.25, -0.2) is 8.78 Å². The quantitative estimate of drug-likeness (QED) is 0.0889. The zero-order valence-electron chi connectivity index (χ0n) is 50.1. The first-order valence-corrected chi connectivity index (χ1v) is 35.5. The van der Waals surface area contributed by atoms with Crippen LogP contribution in [0.25, 0.3) is 57.7 Å². The fourth-order valence-electron chi connectivity index (χ4n) is 13.5. The minimum atomic E-state index is -1.50. The van der Waals surface area contributed by atoms with E-state index < -0.39 is 16.9 Å². The van der Waals surface area contributed by atoms with Gasteiger partial charge in [-0.15, -0.1) is 0 Å². The summed E-state index contributed by atoms with van der Waals surface area (Å²) in [5.74, 6) is -0.487. The molecule has 2 nitrogen and oxygen atoms in total. The summed E-state index contributed by atoms with van der Waals surface area (Å²) < 4.78 is 28.5. The van der Waals surface area contributed by atoms with Crippen LogP contribution in [-0.2, 0) is 16.2 Å². The Morgan fingerprint density at radius 1 is 0.321 bits per heavy atom. The van der Waals surface area contributed by atoms with Crippen LogP contribution in [0.3, 0.4) is 0 Å². The molecule has 0 fully saturated rings. The van der Waals surface area contributed by atoms with Crippen molar-refractivity contribution in [1.29, 1.82) is 0 Å². The predicted octanol–water partition coefficient (Wildman–Crippen LogP) is 20.7. The number of fused-ring (bicyclic) bond motifs is 9. The number of hydrogen-bond donors (Lipinski definition) is 0. The summed E-state index contributed by atoms with van der Waals surface area (Å²) in [5.41, 5.74) is 25.7. The van der Waals surface area contributed by atoms with Crippen molar-refractivity contribution in [3.63, 3.8) is 0 Å². The monoisotopic (exact) mass is 1130 g/mol. The summed E-state index contributed by atoms with van der Waals surface area (Å²) in [5, 5.41) is 2.79. The Bertz CT molecular complexity index is 4290. The molecule has 0 N–H and O–H groups in total. The Morgan fingerprint density at radius 3 is 0.857 bits per heavy atom. The Labute approximate surface area is 498 Å². The van der Waals surface area contributed by atoms with Gasteiger partial charge in [-0.3, -0.25) is 0 Å². The fraction of sp³-hybridized carbons (Fsp3) is 0.179. The van der Waals surface area contributed by atoms with E-state index in [2.05, 4.69) is 266 Å². The van der Waals surface area contributed by atoms with Crippen molar-refractivity contribution in [2.24, 2.45) is 0 Å². The van der Waals surface area contributed by atoms with Crippen LogP contribution in [0.4, 0.5) is 42.9 Å². The van der Waals surface area contributed by atoms with Crippen LogP contribution < -0.4 is 20.2 Å². The minimum Gasteiger partial charge on any atom is -0.310 e. The Kier molecular flexibility index (Phi) is 13.3. The molecule has 0 heterocycles. The maximum Gasteiger partial charge on any atom is 0.123 e. The molecule has 1 radical (unpaired) electrons. The SMILES string of the molecule is C[Si](C)c1ccc(N(c2ccc(F)cc2)c2ccc3c(c2)C(C)(C)c2cc(/C=C/c4ccc5c(c4)C(C)(C)c4cc(/C=C/c6ccc7c(c6)C(C)(C)c6cc(N(c8ccc(F)cc8)c8ccc([Si](C)(C)C)cc8)ccc6-7)ccc4-5)ccc2-3)cc1. The number of benzene rings is 10. The van der Waals surface area contributed by atoms with E-state index in [0.29, 0.717) is 0 Å². The molecule has 3 aliphatic rings. The molecular formula is C78H71F2N2Si2. The number of hydrogen-bond acceptors (Lipinski definition) is 2. The van der Waals surface area contributed by atoms with Gasteiger partial charge in [0.2, 0.25) is 0 Å². The number of nitrogens with zero attached hydrogens (tertiary/aromatic N) is 2. The third-order valence-electron chi connectivity index (χ3n) is 18.4. The normalized spacial score (nSPS) is 14.8. The first-order chi connectivity index (χ1) is 40.1. The van der Waals surface area contributed by atoms with E-state index in [9.17, 15) is 8.78 Å². The molecule has 10 aromatic carbocycles. The molecule has 0 aromatic heterocycles. The average Bonchev–Trinajstić information content (AvgIpc) is 3.95. The van der Waals surface area contributed by atoms with Crippen LogP contribution in [0.15, 0.2) is 206 Å². The molecule has 0 aliphatic heterocycles. The molecule has 0 saturated heterocycles. The van der Waals surface area contributed by atoms with E-state index in [1.165, 1.54) is 99.4 Å². The average molecular weight is 1130 g/mol. The third kappa shape index (κ3) is 9.54. The van der Waals surface area contributed by atoms with Crippen molar-refractivity contribution >= 4 is 85.7 Å². The minimum absolute atomic E-state index is 0.183. The number of rotatable bonds is 12. The predicted molar refractivity (Wildman–Crippen MR) is 359 cm³/mol. The van der Waals surface area contributed by atoms with Gasteiger partial charge in [-0.2, -0.15) is 0 Å². The van der Waals surface area contributed by atoms with Crippen molar-refractivity contribution < 1.29 is 8.78 Å². The van der Waals surface area contributed by atoms with Gasteiger partial charge >= 0.3 is 0 Å². The van der Waals surface area contributed by atoms with Crippen molar-refractivity contribution in [1.82, 2.24) is 0 Å².